The van der Waals surface area contributed by atoms with Crippen LogP contribution in [0.15, 0.2) is 54.6 Å². The standard InChI is InChI=1S/C25H19F2NO5/c1-14-11-15(23(30)31)5-7-18(14)19-4-2-3-17(28-19)13-22(29)24(9-10-24)16-6-8-20-21(12-16)33-25(26,27)32-20/h2-8,11-12H,9-10,13H2,1H3,(H,30,31). The number of Topliss-reactive ketones (excluding diaryl/α,β-unsaturated/α-hetero) is 1. The van der Waals surface area contributed by atoms with Gasteiger partial charge in [0.25, 0.3) is 0 Å². The second-order valence-electron chi connectivity index (χ2n) is 8.36. The molecule has 2 aliphatic rings. The number of benzene rings is 2. The number of ether oxygens (including phenoxy) is 2. The van der Waals surface area contributed by atoms with Crippen LogP contribution in [-0.2, 0) is 16.6 Å². The number of aryl methyl sites for hydroxylation is 1. The first-order valence-electron chi connectivity index (χ1n) is 10.4. The Balaban J connectivity index is 1.38. The minimum atomic E-state index is -3.70. The Morgan fingerprint density at radius 2 is 1.79 bits per heavy atom. The molecule has 6 nitrogen and oxygen atoms in total. The summed E-state index contributed by atoms with van der Waals surface area (Å²) in [7, 11) is 0. The summed E-state index contributed by atoms with van der Waals surface area (Å²) in [6.45, 7) is 1.81. The van der Waals surface area contributed by atoms with E-state index < -0.39 is 17.7 Å². The van der Waals surface area contributed by atoms with E-state index in [2.05, 4.69) is 14.5 Å². The molecule has 0 radical (unpaired) electrons. The zero-order chi connectivity index (χ0) is 23.4. The lowest BCUT2D eigenvalue weighted by atomic mass is 9.88. The first-order valence-corrected chi connectivity index (χ1v) is 10.4. The molecule has 1 saturated carbocycles. The van der Waals surface area contributed by atoms with Gasteiger partial charge in [-0.1, -0.05) is 18.2 Å². The minimum absolute atomic E-state index is 0.0456. The summed E-state index contributed by atoms with van der Waals surface area (Å²) in [6.07, 6.45) is -2.37. The van der Waals surface area contributed by atoms with Gasteiger partial charge in [0.2, 0.25) is 0 Å². The normalized spacial score (nSPS) is 16.9. The molecule has 1 fully saturated rings. The largest absolute Gasteiger partial charge is 0.586 e. The van der Waals surface area contributed by atoms with Crippen LogP contribution in [0.2, 0.25) is 0 Å². The van der Waals surface area contributed by atoms with Gasteiger partial charge in [0.15, 0.2) is 11.5 Å². The fraction of sp³-hybridized carbons (Fsp3) is 0.240. The SMILES string of the molecule is Cc1cc(C(=O)O)ccc1-c1cccc(CC(=O)C2(c3ccc4c(c3)OC(F)(F)O4)CC2)n1. The number of fused-ring (bicyclic) bond motifs is 1. The van der Waals surface area contributed by atoms with Crippen LogP contribution < -0.4 is 9.47 Å². The van der Waals surface area contributed by atoms with Crippen molar-refractivity contribution in [1.29, 1.82) is 0 Å². The lowest BCUT2D eigenvalue weighted by Gasteiger charge is -2.15. The van der Waals surface area contributed by atoms with E-state index in [1.54, 1.807) is 30.3 Å². The van der Waals surface area contributed by atoms with E-state index in [0.717, 1.165) is 11.1 Å². The first-order chi connectivity index (χ1) is 15.7. The number of carbonyl (C=O) groups excluding carboxylic acids is 1. The van der Waals surface area contributed by atoms with Gasteiger partial charge in [0, 0.05) is 17.7 Å². The number of aromatic carboxylic acids is 1. The van der Waals surface area contributed by atoms with Crippen LogP contribution in [0.5, 0.6) is 11.5 Å². The van der Waals surface area contributed by atoms with Crippen molar-refractivity contribution in [2.45, 2.75) is 37.9 Å². The number of aromatic nitrogens is 1. The maximum atomic E-state index is 13.3. The van der Waals surface area contributed by atoms with Gasteiger partial charge in [-0.15, -0.1) is 8.78 Å². The van der Waals surface area contributed by atoms with Crippen molar-refractivity contribution in [1.82, 2.24) is 4.98 Å². The maximum absolute atomic E-state index is 13.3. The van der Waals surface area contributed by atoms with Crippen LogP contribution in [0.1, 0.15) is 40.0 Å². The van der Waals surface area contributed by atoms with Crippen molar-refractivity contribution in [3.05, 3.63) is 77.0 Å². The number of alkyl halides is 2. The highest BCUT2D eigenvalue weighted by molar-refractivity contribution is 5.94. The molecular weight excluding hydrogens is 432 g/mol. The number of carboxylic acid groups (broad SMARTS) is 1. The van der Waals surface area contributed by atoms with Crippen molar-refractivity contribution >= 4 is 11.8 Å². The molecule has 0 unspecified atom stereocenters. The second kappa shape index (κ2) is 7.37. The van der Waals surface area contributed by atoms with Gasteiger partial charge >= 0.3 is 12.3 Å². The van der Waals surface area contributed by atoms with Crippen molar-refractivity contribution in [2.75, 3.05) is 0 Å². The van der Waals surface area contributed by atoms with E-state index in [1.165, 1.54) is 18.2 Å². The fourth-order valence-corrected chi connectivity index (χ4v) is 4.25. The van der Waals surface area contributed by atoms with Gasteiger partial charge in [-0.25, -0.2) is 4.79 Å². The Bertz CT molecular complexity index is 1300. The smallest absolute Gasteiger partial charge is 0.478 e. The number of halogens is 2. The zero-order valence-electron chi connectivity index (χ0n) is 17.6. The molecule has 2 heterocycles. The molecule has 1 aliphatic carbocycles. The highest BCUT2D eigenvalue weighted by Crippen LogP contribution is 2.52. The molecule has 0 atom stereocenters. The van der Waals surface area contributed by atoms with Gasteiger partial charge in [-0.05, 0) is 67.3 Å². The lowest BCUT2D eigenvalue weighted by Crippen LogP contribution is -2.26. The van der Waals surface area contributed by atoms with Crippen LogP contribution in [0.25, 0.3) is 11.3 Å². The Morgan fingerprint density at radius 3 is 2.48 bits per heavy atom. The van der Waals surface area contributed by atoms with E-state index in [4.69, 9.17) is 5.11 Å². The maximum Gasteiger partial charge on any atom is 0.586 e. The minimum Gasteiger partial charge on any atom is -0.478 e. The van der Waals surface area contributed by atoms with Crippen molar-refractivity contribution < 1.29 is 33.0 Å². The summed E-state index contributed by atoms with van der Waals surface area (Å²) >= 11 is 0. The number of hydrogen-bond donors (Lipinski definition) is 1. The molecule has 2 aromatic carbocycles. The molecule has 0 spiro atoms. The molecular formula is C25H19F2NO5. The van der Waals surface area contributed by atoms with Gasteiger partial charge in [-0.2, -0.15) is 0 Å². The Hall–Kier alpha value is -3.81. The third kappa shape index (κ3) is 3.82. The van der Waals surface area contributed by atoms with E-state index in [1.807, 2.05) is 13.0 Å². The molecule has 168 valence electrons. The molecule has 0 amide bonds. The van der Waals surface area contributed by atoms with Crippen molar-refractivity contribution in [3.63, 3.8) is 0 Å². The number of rotatable bonds is 6. The van der Waals surface area contributed by atoms with Crippen LogP contribution in [0.3, 0.4) is 0 Å². The second-order valence-corrected chi connectivity index (χ2v) is 8.36. The summed E-state index contributed by atoms with van der Waals surface area (Å²) in [4.78, 5) is 29.0. The highest BCUT2D eigenvalue weighted by atomic mass is 19.3. The average Bonchev–Trinajstić information content (AvgIpc) is 3.51. The molecule has 33 heavy (non-hydrogen) atoms. The Labute approximate surface area is 187 Å². The fourth-order valence-electron chi connectivity index (χ4n) is 4.25. The van der Waals surface area contributed by atoms with Crippen LogP contribution in [-0.4, -0.2) is 28.1 Å². The van der Waals surface area contributed by atoms with Gasteiger partial charge in [-0.3, -0.25) is 9.78 Å². The number of ketones is 1. The third-order valence-electron chi connectivity index (χ3n) is 6.14. The third-order valence-corrected chi connectivity index (χ3v) is 6.14. The van der Waals surface area contributed by atoms with Gasteiger partial charge in [0.1, 0.15) is 5.78 Å². The molecule has 1 aromatic heterocycles. The molecule has 0 bridgehead atoms. The molecule has 1 aliphatic heterocycles. The molecule has 3 aromatic rings. The van der Waals surface area contributed by atoms with Crippen LogP contribution in [0, 0.1) is 6.92 Å². The molecule has 1 N–H and O–H groups in total. The van der Waals surface area contributed by atoms with Crippen LogP contribution in [0.4, 0.5) is 8.78 Å². The number of hydrogen-bond acceptors (Lipinski definition) is 5. The summed E-state index contributed by atoms with van der Waals surface area (Å²) in [5.41, 5.74) is 2.85. The predicted molar refractivity (Wildman–Crippen MR) is 114 cm³/mol. The number of nitrogens with zero attached hydrogens (tertiary/aromatic N) is 1. The summed E-state index contributed by atoms with van der Waals surface area (Å²) in [5.74, 6) is -1.17. The zero-order valence-corrected chi connectivity index (χ0v) is 17.6. The Morgan fingerprint density at radius 1 is 1.03 bits per heavy atom. The Kier molecular flexibility index (Phi) is 4.70. The van der Waals surface area contributed by atoms with Gasteiger partial charge < -0.3 is 14.6 Å². The summed E-state index contributed by atoms with van der Waals surface area (Å²) < 4.78 is 35.7. The lowest BCUT2D eigenvalue weighted by molar-refractivity contribution is -0.286. The quantitative estimate of drug-likeness (QED) is 0.573. The van der Waals surface area contributed by atoms with E-state index in [0.29, 0.717) is 29.8 Å². The number of carboxylic acids is 1. The molecule has 8 heteroatoms. The summed E-state index contributed by atoms with van der Waals surface area (Å²) in [5, 5.41) is 9.16. The van der Waals surface area contributed by atoms with Gasteiger partial charge in [0.05, 0.1) is 16.7 Å². The first kappa shape index (κ1) is 21.1. The van der Waals surface area contributed by atoms with Crippen molar-refractivity contribution in [2.24, 2.45) is 0 Å². The van der Waals surface area contributed by atoms with E-state index in [9.17, 15) is 18.4 Å². The predicted octanol–water partition coefficient (Wildman–Crippen LogP) is 4.92. The monoisotopic (exact) mass is 451 g/mol. The molecule has 0 saturated heterocycles. The number of pyridine rings is 1. The molecule has 5 rings (SSSR count). The number of carbonyl (C=O) groups is 2. The topological polar surface area (TPSA) is 85.7 Å². The average molecular weight is 451 g/mol. The summed E-state index contributed by atoms with van der Waals surface area (Å²) in [6, 6.07) is 14.7. The highest BCUT2D eigenvalue weighted by Gasteiger charge is 2.52. The van der Waals surface area contributed by atoms with E-state index in [-0.39, 0.29) is 29.3 Å². The van der Waals surface area contributed by atoms with E-state index >= 15 is 0 Å². The van der Waals surface area contributed by atoms with Crippen LogP contribution >= 0.6 is 0 Å². The van der Waals surface area contributed by atoms with Crippen molar-refractivity contribution in [3.8, 4) is 22.8 Å².